The molecule has 7 nitrogen and oxygen atoms in total. The molecule has 1 amide bonds. The Morgan fingerprint density at radius 1 is 1.15 bits per heavy atom. The fourth-order valence-corrected chi connectivity index (χ4v) is 4.38. The first-order valence-electron chi connectivity index (χ1n) is 11.5. The highest BCUT2D eigenvalue weighted by Gasteiger charge is 2.33. The molecular formula is C26H31N5O2. The standard InChI is InChI=1S/C26H31N5O2/c1-5-33-23-12-7-6-10-20(23)25(32)31-15-9-8-11-22(31)24-21(17-28-26(29-24)30(3)4)19-13-14-27-16-18(19)2/h6-7,10,12-14,16-17,22H,5,8-9,11,15H2,1-4H3/t22-/m0/s1. The first kappa shape index (κ1) is 22.7. The van der Waals surface area contributed by atoms with E-state index in [0.717, 1.165) is 41.6 Å². The molecule has 3 heterocycles. The van der Waals surface area contributed by atoms with Gasteiger partial charge in [0.15, 0.2) is 0 Å². The highest BCUT2D eigenvalue weighted by atomic mass is 16.5. The number of benzene rings is 1. The summed E-state index contributed by atoms with van der Waals surface area (Å²) in [5.41, 5.74) is 4.51. The number of piperidine rings is 1. The maximum atomic E-state index is 13.8. The quantitative estimate of drug-likeness (QED) is 0.549. The van der Waals surface area contributed by atoms with Crippen molar-refractivity contribution in [1.82, 2.24) is 19.9 Å². The number of hydrogen-bond donors (Lipinski definition) is 0. The van der Waals surface area contributed by atoms with Crippen LogP contribution in [0.5, 0.6) is 5.75 Å². The number of aryl methyl sites for hydroxylation is 1. The van der Waals surface area contributed by atoms with E-state index in [1.165, 1.54) is 0 Å². The molecule has 0 radical (unpaired) electrons. The number of aromatic nitrogens is 3. The number of pyridine rings is 1. The molecule has 4 rings (SSSR count). The van der Waals surface area contributed by atoms with Crippen molar-refractivity contribution in [2.75, 3.05) is 32.1 Å². The second-order valence-electron chi connectivity index (χ2n) is 8.49. The summed E-state index contributed by atoms with van der Waals surface area (Å²) in [6.45, 7) is 5.16. The van der Waals surface area contributed by atoms with E-state index in [0.29, 0.717) is 30.4 Å². The molecule has 1 aliphatic rings. The number of likely N-dealkylation sites (tertiary alicyclic amines) is 1. The van der Waals surface area contributed by atoms with Crippen molar-refractivity contribution >= 4 is 11.9 Å². The first-order valence-corrected chi connectivity index (χ1v) is 11.5. The Bertz CT molecular complexity index is 1130. The van der Waals surface area contributed by atoms with Crippen LogP contribution in [0.3, 0.4) is 0 Å². The van der Waals surface area contributed by atoms with Gasteiger partial charge in [-0.05, 0) is 62.4 Å². The molecule has 0 saturated carbocycles. The predicted octanol–water partition coefficient (Wildman–Crippen LogP) is 4.68. The van der Waals surface area contributed by atoms with Gasteiger partial charge in [0.25, 0.3) is 5.91 Å². The van der Waals surface area contributed by atoms with Crippen molar-refractivity contribution in [2.24, 2.45) is 0 Å². The Morgan fingerprint density at radius 3 is 2.73 bits per heavy atom. The van der Waals surface area contributed by atoms with Crippen LogP contribution in [0.15, 0.2) is 48.9 Å². The van der Waals surface area contributed by atoms with E-state index in [1.807, 2.05) is 80.5 Å². The summed E-state index contributed by atoms with van der Waals surface area (Å²) in [5, 5.41) is 0. The van der Waals surface area contributed by atoms with Gasteiger partial charge in [0.05, 0.1) is 23.9 Å². The third-order valence-electron chi connectivity index (χ3n) is 6.01. The van der Waals surface area contributed by atoms with Crippen LogP contribution < -0.4 is 9.64 Å². The minimum Gasteiger partial charge on any atom is -0.493 e. The first-order chi connectivity index (χ1) is 16.0. The molecule has 172 valence electrons. The zero-order valence-electron chi connectivity index (χ0n) is 19.8. The summed E-state index contributed by atoms with van der Waals surface area (Å²) >= 11 is 0. The third-order valence-corrected chi connectivity index (χ3v) is 6.01. The zero-order chi connectivity index (χ0) is 23.4. The fourth-order valence-electron chi connectivity index (χ4n) is 4.38. The van der Waals surface area contributed by atoms with Gasteiger partial charge < -0.3 is 14.5 Å². The summed E-state index contributed by atoms with van der Waals surface area (Å²) in [6.07, 6.45) is 8.37. The minimum absolute atomic E-state index is 0.0221. The number of carbonyl (C=O) groups excluding carboxylic acids is 1. The van der Waals surface area contributed by atoms with Gasteiger partial charge >= 0.3 is 0 Å². The molecule has 1 fully saturated rings. The van der Waals surface area contributed by atoms with E-state index < -0.39 is 0 Å². The summed E-state index contributed by atoms with van der Waals surface area (Å²) in [7, 11) is 3.86. The molecule has 0 aliphatic carbocycles. The molecule has 33 heavy (non-hydrogen) atoms. The Labute approximate surface area is 195 Å². The lowest BCUT2D eigenvalue weighted by atomic mass is 9.92. The smallest absolute Gasteiger partial charge is 0.258 e. The van der Waals surface area contributed by atoms with E-state index >= 15 is 0 Å². The summed E-state index contributed by atoms with van der Waals surface area (Å²) in [4.78, 5) is 31.4. The number of hydrogen-bond acceptors (Lipinski definition) is 6. The van der Waals surface area contributed by atoms with Crippen LogP contribution in [0.25, 0.3) is 11.1 Å². The SMILES string of the molecule is CCOc1ccccc1C(=O)N1CCCC[C@H]1c1nc(N(C)C)ncc1-c1ccncc1C. The molecule has 2 aromatic heterocycles. The van der Waals surface area contributed by atoms with Gasteiger partial charge in [-0.25, -0.2) is 9.97 Å². The Kier molecular flexibility index (Phi) is 6.87. The van der Waals surface area contributed by atoms with Crippen molar-refractivity contribution in [3.05, 3.63) is 65.7 Å². The van der Waals surface area contributed by atoms with E-state index in [2.05, 4.69) is 9.97 Å². The number of carbonyl (C=O) groups is 1. The molecule has 7 heteroatoms. The van der Waals surface area contributed by atoms with Crippen LogP contribution in [0.2, 0.25) is 0 Å². The van der Waals surface area contributed by atoms with Crippen LogP contribution in [0, 0.1) is 6.92 Å². The van der Waals surface area contributed by atoms with Crippen molar-refractivity contribution < 1.29 is 9.53 Å². The average molecular weight is 446 g/mol. The third kappa shape index (κ3) is 4.67. The molecular weight excluding hydrogens is 414 g/mol. The Balaban J connectivity index is 1.82. The summed E-state index contributed by atoms with van der Waals surface area (Å²) < 4.78 is 5.76. The molecule has 1 aromatic carbocycles. The molecule has 0 unspecified atom stereocenters. The van der Waals surface area contributed by atoms with Crippen LogP contribution in [0.4, 0.5) is 5.95 Å². The molecule has 1 aliphatic heterocycles. The van der Waals surface area contributed by atoms with Crippen molar-refractivity contribution in [3.8, 4) is 16.9 Å². The van der Waals surface area contributed by atoms with E-state index in [-0.39, 0.29) is 11.9 Å². The number of ether oxygens (including phenoxy) is 1. The number of nitrogens with zero attached hydrogens (tertiary/aromatic N) is 5. The predicted molar refractivity (Wildman–Crippen MR) is 130 cm³/mol. The van der Waals surface area contributed by atoms with Crippen LogP contribution in [-0.2, 0) is 0 Å². The second kappa shape index (κ2) is 9.98. The number of anilines is 1. The highest BCUT2D eigenvalue weighted by molar-refractivity contribution is 5.97. The van der Waals surface area contributed by atoms with Crippen LogP contribution in [0.1, 0.15) is 53.8 Å². The molecule has 0 N–H and O–H groups in total. The lowest BCUT2D eigenvalue weighted by Gasteiger charge is -2.37. The van der Waals surface area contributed by atoms with Crippen molar-refractivity contribution in [2.45, 2.75) is 39.2 Å². The lowest BCUT2D eigenvalue weighted by molar-refractivity contribution is 0.0602. The summed E-state index contributed by atoms with van der Waals surface area (Å²) in [6, 6.07) is 9.33. The Morgan fingerprint density at radius 2 is 1.97 bits per heavy atom. The van der Waals surface area contributed by atoms with Gasteiger partial charge in [0.2, 0.25) is 5.95 Å². The Hall–Kier alpha value is -3.48. The van der Waals surface area contributed by atoms with Gasteiger partial charge in [0, 0.05) is 44.8 Å². The van der Waals surface area contributed by atoms with E-state index in [9.17, 15) is 4.79 Å². The summed E-state index contributed by atoms with van der Waals surface area (Å²) in [5.74, 6) is 1.23. The van der Waals surface area contributed by atoms with Gasteiger partial charge in [-0.3, -0.25) is 9.78 Å². The average Bonchev–Trinajstić information content (AvgIpc) is 2.84. The van der Waals surface area contributed by atoms with Gasteiger partial charge in [-0.15, -0.1) is 0 Å². The molecule has 1 saturated heterocycles. The molecule has 3 aromatic rings. The van der Waals surface area contributed by atoms with E-state index in [4.69, 9.17) is 9.72 Å². The largest absolute Gasteiger partial charge is 0.493 e. The van der Waals surface area contributed by atoms with Crippen molar-refractivity contribution in [3.63, 3.8) is 0 Å². The number of rotatable bonds is 6. The van der Waals surface area contributed by atoms with Gasteiger partial charge in [0.1, 0.15) is 5.75 Å². The monoisotopic (exact) mass is 445 g/mol. The normalized spacial score (nSPS) is 15.9. The topological polar surface area (TPSA) is 71.5 Å². The van der Waals surface area contributed by atoms with Crippen LogP contribution in [-0.4, -0.2) is 53.0 Å². The van der Waals surface area contributed by atoms with Gasteiger partial charge in [-0.1, -0.05) is 12.1 Å². The van der Waals surface area contributed by atoms with Crippen LogP contribution >= 0.6 is 0 Å². The number of amides is 1. The molecule has 1 atom stereocenters. The van der Waals surface area contributed by atoms with Crippen molar-refractivity contribution in [1.29, 1.82) is 0 Å². The fraction of sp³-hybridized carbons (Fsp3) is 0.385. The maximum Gasteiger partial charge on any atom is 0.258 e. The maximum absolute atomic E-state index is 13.8. The van der Waals surface area contributed by atoms with Gasteiger partial charge in [-0.2, -0.15) is 0 Å². The lowest BCUT2D eigenvalue weighted by Crippen LogP contribution is -2.39. The zero-order valence-corrected chi connectivity index (χ0v) is 19.8. The second-order valence-corrected chi connectivity index (χ2v) is 8.49. The van der Waals surface area contributed by atoms with E-state index in [1.54, 1.807) is 6.20 Å². The molecule has 0 spiro atoms. The highest BCUT2D eigenvalue weighted by Crippen LogP contribution is 2.38. The molecule has 0 bridgehead atoms. The minimum atomic E-state index is -0.148. The number of para-hydroxylation sites is 1.